The van der Waals surface area contributed by atoms with Crippen LogP contribution in [0, 0.1) is 20.8 Å². The number of carbonyl (C=O) groups excluding carboxylic acids is 2. The van der Waals surface area contributed by atoms with Crippen molar-refractivity contribution in [3.8, 4) is 0 Å². The Morgan fingerprint density at radius 1 is 0.935 bits per heavy atom. The molecule has 2 aromatic rings. The van der Waals surface area contributed by atoms with Crippen LogP contribution < -0.4 is 10.4 Å². The third-order valence-corrected chi connectivity index (χ3v) is 6.27. The summed E-state index contributed by atoms with van der Waals surface area (Å²) in [7, 11) is 0. The van der Waals surface area contributed by atoms with Crippen LogP contribution in [0.5, 0.6) is 0 Å². The summed E-state index contributed by atoms with van der Waals surface area (Å²) in [6.45, 7) is 11.3. The van der Waals surface area contributed by atoms with Crippen LogP contribution in [0.3, 0.4) is 0 Å². The molecule has 0 atom stereocenters. The van der Waals surface area contributed by atoms with Crippen molar-refractivity contribution in [3.05, 3.63) is 65.1 Å². The number of aromatic nitrogens is 1. The molecule has 1 aromatic carbocycles. The van der Waals surface area contributed by atoms with E-state index in [1.54, 1.807) is 6.08 Å². The Kier molecular flexibility index (Phi) is 6.13. The maximum absolute atomic E-state index is 13.1. The van der Waals surface area contributed by atoms with Crippen molar-refractivity contribution in [2.75, 3.05) is 37.7 Å². The predicted molar refractivity (Wildman–Crippen MR) is 121 cm³/mol. The molecule has 2 aliphatic rings. The molecule has 0 radical (unpaired) electrons. The third-order valence-electron chi connectivity index (χ3n) is 6.27. The Morgan fingerprint density at radius 3 is 2.29 bits per heavy atom. The van der Waals surface area contributed by atoms with Gasteiger partial charge in [-0.05, 0) is 50.6 Å². The molecule has 164 valence electrons. The second-order valence-corrected chi connectivity index (χ2v) is 8.35. The van der Waals surface area contributed by atoms with Crippen LogP contribution in [0.4, 0.5) is 5.69 Å². The van der Waals surface area contributed by atoms with Crippen LogP contribution in [-0.4, -0.2) is 58.9 Å². The highest BCUT2D eigenvalue weighted by Gasteiger charge is 2.29. The van der Waals surface area contributed by atoms with Gasteiger partial charge in [-0.1, -0.05) is 18.2 Å². The molecular formula is C24H31N5O2. The fourth-order valence-corrected chi connectivity index (χ4v) is 4.29. The Hall–Kier alpha value is -3.06. The molecule has 4 rings (SSSR count). The molecule has 7 heteroatoms. The summed E-state index contributed by atoms with van der Waals surface area (Å²) in [6, 6.07) is 12.0. The van der Waals surface area contributed by atoms with Gasteiger partial charge >= 0.3 is 0 Å². The van der Waals surface area contributed by atoms with Crippen molar-refractivity contribution in [1.29, 1.82) is 0 Å². The topological polar surface area (TPSA) is 60.8 Å². The minimum Gasteiger partial charge on any atom is -0.348 e. The molecule has 0 bridgehead atoms. The van der Waals surface area contributed by atoms with Gasteiger partial charge in [-0.25, -0.2) is 5.01 Å². The van der Waals surface area contributed by atoms with Gasteiger partial charge in [-0.2, -0.15) is 0 Å². The fourth-order valence-electron chi connectivity index (χ4n) is 4.29. The number of amides is 2. The molecule has 0 saturated carbocycles. The maximum Gasteiger partial charge on any atom is 0.271 e. The van der Waals surface area contributed by atoms with Gasteiger partial charge in [0.1, 0.15) is 5.70 Å². The molecule has 1 saturated heterocycles. The Morgan fingerprint density at radius 2 is 1.61 bits per heavy atom. The Bertz CT molecular complexity index is 982. The molecule has 2 aliphatic heterocycles. The molecule has 0 spiro atoms. The number of nitrogens with zero attached hydrogens (tertiary/aromatic N) is 4. The lowest BCUT2D eigenvalue weighted by Gasteiger charge is -2.37. The van der Waals surface area contributed by atoms with Gasteiger partial charge < -0.3 is 9.47 Å². The summed E-state index contributed by atoms with van der Waals surface area (Å²) in [5, 5.41) is 1.50. The van der Waals surface area contributed by atoms with Crippen molar-refractivity contribution < 1.29 is 9.59 Å². The number of hydrogen-bond donors (Lipinski definition) is 1. The molecule has 1 aromatic heterocycles. The van der Waals surface area contributed by atoms with Crippen LogP contribution in [-0.2, 0) is 16.1 Å². The van der Waals surface area contributed by atoms with Crippen molar-refractivity contribution >= 4 is 17.5 Å². The number of benzene rings is 1. The number of nitrogens with one attached hydrogen (secondary N) is 1. The first-order valence-electron chi connectivity index (χ1n) is 10.9. The second kappa shape index (κ2) is 8.98. The number of aryl methyl sites for hydroxylation is 3. The molecule has 2 amide bonds. The van der Waals surface area contributed by atoms with Gasteiger partial charge in [0.15, 0.2) is 0 Å². The summed E-state index contributed by atoms with van der Waals surface area (Å²) in [5.74, 6) is -0.103. The molecule has 1 fully saturated rings. The zero-order chi connectivity index (χ0) is 22.0. The van der Waals surface area contributed by atoms with Gasteiger partial charge in [0.25, 0.3) is 5.91 Å². The van der Waals surface area contributed by atoms with E-state index in [0.717, 1.165) is 37.4 Å². The number of rotatable bonds is 5. The van der Waals surface area contributed by atoms with E-state index in [-0.39, 0.29) is 18.2 Å². The lowest BCUT2D eigenvalue weighted by molar-refractivity contribution is -0.129. The van der Waals surface area contributed by atoms with Crippen LogP contribution >= 0.6 is 0 Å². The van der Waals surface area contributed by atoms with E-state index in [9.17, 15) is 9.59 Å². The van der Waals surface area contributed by atoms with Gasteiger partial charge in [-0.3, -0.25) is 19.9 Å². The normalized spacial score (nSPS) is 17.5. The number of hydrazine groups is 1. The van der Waals surface area contributed by atoms with Gasteiger partial charge in [-0.15, -0.1) is 0 Å². The smallest absolute Gasteiger partial charge is 0.271 e. The predicted octanol–water partition coefficient (Wildman–Crippen LogP) is 2.38. The van der Waals surface area contributed by atoms with E-state index < -0.39 is 0 Å². The van der Waals surface area contributed by atoms with Crippen molar-refractivity contribution in [2.24, 2.45) is 0 Å². The first-order chi connectivity index (χ1) is 14.9. The minimum atomic E-state index is -0.0636. The Labute approximate surface area is 183 Å². The molecular weight excluding hydrogens is 390 g/mol. The quantitative estimate of drug-likeness (QED) is 0.805. The second-order valence-electron chi connectivity index (χ2n) is 8.35. The zero-order valence-corrected chi connectivity index (χ0v) is 18.6. The van der Waals surface area contributed by atoms with Crippen molar-refractivity contribution in [2.45, 2.75) is 33.7 Å². The van der Waals surface area contributed by atoms with Crippen LogP contribution in [0.15, 0.2) is 48.2 Å². The highest BCUT2D eigenvalue weighted by Crippen LogP contribution is 2.22. The summed E-state index contributed by atoms with van der Waals surface area (Å²) in [4.78, 5) is 29.8. The zero-order valence-electron chi connectivity index (χ0n) is 18.6. The summed E-state index contributed by atoms with van der Waals surface area (Å²) in [6.07, 6.45) is 1.93. The van der Waals surface area contributed by atoms with E-state index in [2.05, 4.69) is 40.9 Å². The van der Waals surface area contributed by atoms with E-state index in [1.165, 1.54) is 16.4 Å². The fraction of sp³-hybridized carbons (Fsp3) is 0.417. The molecule has 1 N–H and O–H groups in total. The minimum absolute atomic E-state index is 0.0390. The van der Waals surface area contributed by atoms with E-state index >= 15 is 0 Å². The van der Waals surface area contributed by atoms with Gasteiger partial charge in [0, 0.05) is 57.1 Å². The molecule has 3 heterocycles. The average molecular weight is 422 g/mol. The maximum atomic E-state index is 13.1. The Balaban J connectivity index is 1.33. The lowest BCUT2D eigenvalue weighted by Crippen LogP contribution is -2.54. The van der Waals surface area contributed by atoms with Gasteiger partial charge in [0.05, 0.1) is 5.69 Å². The van der Waals surface area contributed by atoms with Crippen molar-refractivity contribution in [3.63, 3.8) is 0 Å². The van der Waals surface area contributed by atoms with Crippen LogP contribution in [0.25, 0.3) is 0 Å². The first-order valence-corrected chi connectivity index (χ1v) is 10.9. The third kappa shape index (κ3) is 4.51. The summed E-state index contributed by atoms with van der Waals surface area (Å²) < 4.78 is 2.34. The molecule has 31 heavy (non-hydrogen) atoms. The molecule has 0 unspecified atom stereocenters. The number of para-hydroxylation sites is 1. The average Bonchev–Trinajstić information content (AvgIpc) is 3.10. The highest BCUT2D eigenvalue weighted by molar-refractivity contribution is 6.01. The van der Waals surface area contributed by atoms with Crippen LogP contribution in [0.2, 0.25) is 0 Å². The number of piperazine rings is 1. The standard InChI is InChI=1S/C24H31N5O2/c1-18-6-4-5-7-22(18)29-23(30)11-10-21(25-29)24(31)27-15-12-26(13-16-27)14-17-28-19(2)8-9-20(28)3/h4-10,25H,11-17H2,1-3H3. The lowest BCUT2D eigenvalue weighted by atomic mass is 10.1. The largest absolute Gasteiger partial charge is 0.348 e. The van der Waals surface area contributed by atoms with E-state index in [4.69, 9.17) is 0 Å². The summed E-state index contributed by atoms with van der Waals surface area (Å²) in [5.41, 5.74) is 7.88. The van der Waals surface area contributed by atoms with Gasteiger partial charge in [0.2, 0.25) is 5.91 Å². The van der Waals surface area contributed by atoms with E-state index in [1.807, 2.05) is 36.1 Å². The number of anilines is 1. The van der Waals surface area contributed by atoms with Crippen molar-refractivity contribution in [1.82, 2.24) is 19.8 Å². The van der Waals surface area contributed by atoms with E-state index in [0.29, 0.717) is 18.8 Å². The number of carbonyl (C=O) groups is 2. The molecule has 0 aliphatic carbocycles. The molecule has 7 nitrogen and oxygen atoms in total. The first kappa shape index (κ1) is 21.2. The monoisotopic (exact) mass is 421 g/mol. The SMILES string of the molecule is Cc1ccccc1N1NC(C(=O)N2CCN(CCn3c(C)ccc3C)CC2)=CCC1=O. The number of hydrogen-bond acceptors (Lipinski definition) is 4. The highest BCUT2D eigenvalue weighted by atomic mass is 16.2. The summed E-state index contributed by atoms with van der Waals surface area (Å²) >= 11 is 0. The van der Waals surface area contributed by atoms with Crippen LogP contribution in [0.1, 0.15) is 23.4 Å².